The van der Waals surface area contributed by atoms with E-state index in [0.717, 1.165) is 22.6 Å². The Labute approximate surface area is 84.0 Å². The van der Waals surface area contributed by atoms with Gasteiger partial charge in [0.25, 0.3) is 0 Å². The summed E-state index contributed by atoms with van der Waals surface area (Å²) in [5, 5.41) is 5.28. The molecule has 0 aromatic carbocycles. The van der Waals surface area contributed by atoms with Crippen LogP contribution in [0.4, 0.5) is 0 Å². The van der Waals surface area contributed by atoms with E-state index in [9.17, 15) is 0 Å². The summed E-state index contributed by atoms with van der Waals surface area (Å²) in [6.07, 6.45) is 1.82. The van der Waals surface area contributed by atoms with Crippen LogP contribution in [0.25, 0.3) is 11.0 Å². The van der Waals surface area contributed by atoms with Crippen LogP contribution in [-0.4, -0.2) is 19.7 Å². The highest BCUT2D eigenvalue weighted by Crippen LogP contribution is 2.12. The van der Waals surface area contributed by atoms with E-state index in [2.05, 4.69) is 15.1 Å². The summed E-state index contributed by atoms with van der Waals surface area (Å²) in [5.74, 6) is 0.783. The molecule has 0 radical (unpaired) electrons. The molecule has 14 heavy (non-hydrogen) atoms. The highest BCUT2D eigenvalue weighted by molar-refractivity contribution is 5.76. The second kappa shape index (κ2) is 4.17. The lowest BCUT2D eigenvalue weighted by Gasteiger charge is -1.93. The highest BCUT2D eigenvalue weighted by Gasteiger charge is 2.05. The molecule has 2 aromatic rings. The average Bonchev–Trinajstić information content (AvgIpc) is 2.46. The molecule has 4 nitrogen and oxygen atoms in total. The largest absolute Gasteiger partial charge is 0.250 e. The first-order chi connectivity index (χ1) is 6.68. The van der Waals surface area contributed by atoms with Crippen molar-refractivity contribution < 1.29 is 0 Å². The van der Waals surface area contributed by atoms with Crippen LogP contribution < -0.4 is 0 Å². The maximum Gasteiger partial charge on any atom is 0.161 e. The maximum absolute atomic E-state index is 4.29. The fraction of sp³-hybridized carbons (Fsp3) is 0.500. The summed E-state index contributed by atoms with van der Waals surface area (Å²) in [5.41, 5.74) is 1.88. The molecular weight excluding hydrogens is 176 g/mol. The molecule has 0 bridgehead atoms. The quantitative estimate of drug-likeness (QED) is 0.641. The summed E-state index contributed by atoms with van der Waals surface area (Å²) >= 11 is 0. The molecule has 0 aliphatic carbocycles. The standard InChI is InChI=1S/C8H10N4.C2H6/c1-5-7-4-9-6(2)10-8(7)12(3)11-5;1-2/h4H,1-3H3;1-2H3. The smallest absolute Gasteiger partial charge is 0.161 e. The Bertz CT molecular complexity index is 431. The molecule has 4 heteroatoms. The highest BCUT2D eigenvalue weighted by atomic mass is 15.3. The average molecular weight is 192 g/mol. The molecule has 0 unspecified atom stereocenters. The van der Waals surface area contributed by atoms with Crippen LogP contribution in [-0.2, 0) is 7.05 Å². The first-order valence-corrected chi connectivity index (χ1v) is 4.81. The number of aromatic nitrogens is 4. The van der Waals surface area contributed by atoms with Crippen molar-refractivity contribution in [2.24, 2.45) is 7.05 Å². The number of aryl methyl sites for hydroxylation is 3. The molecule has 2 rings (SSSR count). The van der Waals surface area contributed by atoms with Gasteiger partial charge in [-0.2, -0.15) is 5.10 Å². The van der Waals surface area contributed by atoms with Gasteiger partial charge in [0.15, 0.2) is 5.65 Å². The van der Waals surface area contributed by atoms with E-state index in [1.54, 1.807) is 4.68 Å². The Hall–Kier alpha value is -1.45. The van der Waals surface area contributed by atoms with Crippen LogP contribution in [0, 0.1) is 13.8 Å². The Balaban J connectivity index is 0.000000461. The van der Waals surface area contributed by atoms with Gasteiger partial charge in [0, 0.05) is 13.2 Å². The number of nitrogens with zero attached hydrogens (tertiary/aromatic N) is 4. The van der Waals surface area contributed by atoms with Crippen LogP contribution in [0.2, 0.25) is 0 Å². The van der Waals surface area contributed by atoms with Crippen molar-refractivity contribution >= 4 is 11.0 Å². The maximum atomic E-state index is 4.29. The van der Waals surface area contributed by atoms with E-state index >= 15 is 0 Å². The zero-order valence-electron chi connectivity index (χ0n) is 9.37. The summed E-state index contributed by atoms with van der Waals surface area (Å²) in [6, 6.07) is 0. The second-order valence-corrected chi connectivity index (χ2v) is 2.86. The summed E-state index contributed by atoms with van der Waals surface area (Å²) < 4.78 is 1.78. The molecule has 0 saturated heterocycles. The van der Waals surface area contributed by atoms with Gasteiger partial charge in [-0.05, 0) is 13.8 Å². The van der Waals surface area contributed by atoms with E-state index in [1.807, 2.05) is 40.9 Å². The number of fused-ring (bicyclic) bond motifs is 1. The molecule has 2 aromatic heterocycles. The fourth-order valence-corrected chi connectivity index (χ4v) is 1.29. The third-order valence-electron chi connectivity index (χ3n) is 1.89. The van der Waals surface area contributed by atoms with Crippen LogP contribution in [0.15, 0.2) is 6.20 Å². The number of rotatable bonds is 0. The van der Waals surface area contributed by atoms with Gasteiger partial charge in [0.1, 0.15) is 5.82 Å². The van der Waals surface area contributed by atoms with Crippen molar-refractivity contribution in [1.29, 1.82) is 0 Å². The predicted molar refractivity (Wildman–Crippen MR) is 57.1 cm³/mol. The predicted octanol–water partition coefficient (Wildman–Crippen LogP) is 2.01. The first-order valence-electron chi connectivity index (χ1n) is 4.81. The van der Waals surface area contributed by atoms with E-state index in [-0.39, 0.29) is 0 Å². The molecule has 2 heterocycles. The summed E-state index contributed by atoms with van der Waals surface area (Å²) in [4.78, 5) is 8.40. The Morgan fingerprint density at radius 1 is 1.21 bits per heavy atom. The topological polar surface area (TPSA) is 43.6 Å². The minimum atomic E-state index is 0.783. The molecule has 0 spiro atoms. The fourth-order valence-electron chi connectivity index (χ4n) is 1.29. The van der Waals surface area contributed by atoms with Gasteiger partial charge in [0.2, 0.25) is 0 Å². The normalized spacial score (nSPS) is 9.79. The Morgan fingerprint density at radius 3 is 2.50 bits per heavy atom. The Morgan fingerprint density at radius 2 is 1.86 bits per heavy atom. The van der Waals surface area contributed by atoms with Gasteiger partial charge in [-0.1, -0.05) is 13.8 Å². The molecule has 76 valence electrons. The number of hydrogen-bond donors (Lipinski definition) is 0. The van der Waals surface area contributed by atoms with Crippen molar-refractivity contribution in [3.63, 3.8) is 0 Å². The van der Waals surface area contributed by atoms with Gasteiger partial charge < -0.3 is 0 Å². The zero-order chi connectivity index (χ0) is 10.7. The van der Waals surface area contributed by atoms with Crippen LogP contribution >= 0.6 is 0 Å². The summed E-state index contributed by atoms with van der Waals surface area (Å²) in [6.45, 7) is 7.84. The third-order valence-corrected chi connectivity index (χ3v) is 1.89. The molecule has 0 fully saturated rings. The Kier molecular flexibility index (Phi) is 3.17. The van der Waals surface area contributed by atoms with Gasteiger partial charge in [-0.25, -0.2) is 9.97 Å². The molecular formula is C10H16N4. The van der Waals surface area contributed by atoms with Crippen LogP contribution in [0.1, 0.15) is 25.4 Å². The van der Waals surface area contributed by atoms with Crippen molar-refractivity contribution in [2.75, 3.05) is 0 Å². The lowest BCUT2D eigenvalue weighted by atomic mass is 10.3. The minimum absolute atomic E-state index is 0.783. The van der Waals surface area contributed by atoms with Crippen LogP contribution in [0.5, 0.6) is 0 Å². The molecule has 0 saturated carbocycles. The van der Waals surface area contributed by atoms with Crippen molar-refractivity contribution in [3.8, 4) is 0 Å². The number of hydrogen-bond acceptors (Lipinski definition) is 3. The SMILES string of the molecule is CC.Cc1ncc2c(C)nn(C)c2n1. The van der Waals surface area contributed by atoms with Gasteiger partial charge >= 0.3 is 0 Å². The second-order valence-electron chi connectivity index (χ2n) is 2.86. The summed E-state index contributed by atoms with van der Waals surface area (Å²) in [7, 11) is 1.89. The monoisotopic (exact) mass is 192 g/mol. The molecule has 0 aliphatic heterocycles. The van der Waals surface area contributed by atoms with E-state index in [4.69, 9.17) is 0 Å². The van der Waals surface area contributed by atoms with E-state index in [0.29, 0.717) is 0 Å². The van der Waals surface area contributed by atoms with Crippen molar-refractivity contribution in [2.45, 2.75) is 27.7 Å². The minimum Gasteiger partial charge on any atom is -0.250 e. The molecule has 0 aliphatic rings. The van der Waals surface area contributed by atoms with Gasteiger partial charge in [-0.15, -0.1) is 0 Å². The van der Waals surface area contributed by atoms with E-state index < -0.39 is 0 Å². The van der Waals surface area contributed by atoms with Crippen LogP contribution in [0.3, 0.4) is 0 Å². The first kappa shape index (κ1) is 10.6. The van der Waals surface area contributed by atoms with Gasteiger partial charge in [0.05, 0.1) is 11.1 Å². The zero-order valence-corrected chi connectivity index (χ0v) is 9.37. The third kappa shape index (κ3) is 1.73. The lowest BCUT2D eigenvalue weighted by Crippen LogP contribution is -1.94. The van der Waals surface area contributed by atoms with Gasteiger partial charge in [-0.3, -0.25) is 4.68 Å². The van der Waals surface area contributed by atoms with Crippen molar-refractivity contribution in [3.05, 3.63) is 17.7 Å². The molecule has 0 amide bonds. The van der Waals surface area contributed by atoms with E-state index in [1.165, 1.54) is 0 Å². The van der Waals surface area contributed by atoms with Crippen molar-refractivity contribution in [1.82, 2.24) is 19.7 Å². The molecule has 0 N–H and O–H groups in total. The molecule has 0 atom stereocenters. The lowest BCUT2D eigenvalue weighted by molar-refractivity contribution is 0.771.